The summed E-state index contributed by atoms with van der Waals surface area (Å²) in [5.74, 6) is 1.44. The molecule has 0 saturated carbocycles. The molecular weight excluding hydrogens is 204 g/mol. The maximum Gasteiger partial charge on any atom is 2.00 e. The van der Waals surface area contributed by atoms with Crippen LogP contribution < -0.4 is 0 Å². The molecule has 0 heterocycles. The van der Waals surface area contributed by atoms with Crippen molar-refractivity contribution in [3.05, 3.63) is 60.4 Å². The van der Waals surface area contributed by atoms with Gasteiger partial charge in [-0.15, -0.1) is 12.2 Å². The molecule has 0 fully saturated rings. The van der Waals surface area contributed by atoms with Gasteiger partial charge in [-0.05, 0) is 12.8 Å². The standard InChI is InChI=1S/C13H14.Ti/c1-2-13(11-7-3-4-8-11)12-9-5-6-10-12;/h3-7,9H,1-2,8,10H2;/q-2;+2. The van der Waals surface area contributed by atoms with E-state index in [2.05, 4.69) is 43.4 Å². The summed E-state index contributed by atoms with van der Waals surface area (Å²) in [6.07, 6.45) is 16.2. The van der Waals surface area contributed by atoms with Gasteiger partial charge < -0.3 is 6.92 Å². The number of hydrogen-bond acceptors (Lipinski definition) is 0. The van der Waals surface area contributed by atoms with Crippen LogP contribution in [0.15, 0.2) is 47.6 Å². The summed E-state index contributed by atoms with van der Waals surface area (Å²) >= 11 is 0. The maximum absolute atomic E-state index is 4.00. The van der Waals surface area contributed by atoms with Crippen molar-refractivity contribution in [2.45, 2.75) is 19.3 Å². The molecule has 0 saturated heterocycles. The molecule has 0 aromatic carbocycles. The van der Waals surface area contributed by atoms with Crippen molar-refractivity contribution < 1.29 is 21.7 Å². The molecule has 0 aromatic heterocycles. The van der Waals surface area contributed by atoms with E-state index in [0.29, 0.717) is 0 Å². The van der Waals surface area contributed by atoms with E-state index in [-0.39, 0.29) is 21.7 Å². The van der Waals surface area contributed by atoms with E-state index in [4.69, 9.17) is 0 Å². The van der Waals surface area contributed by atoms with E-state index in [1.54, 1.807) is 0 Å². The summed E-state index contributed by atoms with van der Waals surface area (Å²) in [5, 5.41) is 0. The normalized spacial score (nSPS) is 17.8. The zero-order valence-electron chi connectivity index (χ0n) is 8.29. The number of rotatable bonds is 3. The van der Waals surface area contributed by atoms with Crippen LogP contribution >= 0.6 is 0 Å². The Bertz CT molecular complexity index is 275. The van der Waals surface area contributed by atoms with E-state index in [0.717, 1.165) is 19.3 Å². The molecular formula is C13H14Ti. The Balaban J connectivity index is 0.000000980. The van der Waals surface area contributed by atoms with Gasteiger partial charge in [-0.2, -0.15) is 29.2 Å². The third kappa shape index (κ3) is 2.32. The Morgan fingerprint density at radius 2 is 1.57 bits per heavy atom. The minimum Gasteiger partial charge on any atom is -0.350 e. The molecule has 2 aliphatic rings. The first kappa shape index (κ1) is 11.6. The van der Waals surface area contributed by atoms with Crippen molar-refractivity contribution in [2.24, 2.45) is 0 Å². The van der Waals surface area contributed by atoms with Crippen molar-refractivity contribution in [3.8, 4) is 0 Å². The largest absolute Gasteiger partial charge is 2.00 e. The Morgan fingerprint density at radius 1 is 1.07 bits per heavy atom. The first-order valence-corrected chi connectivity index (χ1v) is 4.79. The molecule has 0 aromatic rings. The van der Waals surface area contributed by atoms with Crippen molar-refractivity contribution >= 4 is 0 Å². The fourth-order valence-electron chi connectivity index (χ4n) is 1.87. The van der Waals surface area contributed by atoms with Gasteiger partial charge in [0.15, 0.2) is 0 Å². The predicted octanol–water partition coefficient (Wildman–Crippen LogP) is 3.56. The summed E-state index contributed by atoms with van der Waals surface area (Å²) in [6, 6.07) is 0. The molecule has 0 spiro atoms. The monoisotopic (exact) mass is 218 g/mol. The van der Waals surface area contributed by atoms with Crippen LogP contribution in [0.5, 0.6) is 0 Å². The van der Waals surface area contributed by atoms with Crippen LogP contribution in [0.1, 0.15) is 19.3 Å². The zero-order valence-corrected chi connectivity index (χ0v) is 9.85. The molecule has 0 aliphatic heterocycles. The van der Waals surface area contributed by atoms with Crippen LogP contribution in [0.4, 0.5) is 0 Å². The van der Waals surface area contributed by atoms with Gasteiger partial charge in [-0.3, -0.25) is 0 Å². The summed E-state index contributed by atoms with van der Waals surface area (Å²) < 4.78 is 0. The summed E-state index contributed by atoms with van der Waals surface area (Å²) in [6.45, 7) is 4.00. The molecule has 14 heavy (non-hydrogen) atoms. The summed E-state index contributed by atoms with van der Waals surface area (Å²) in [4.78, 5) is 0. The Kier molecular flexibility index (Phi) is 4.51. The van der Waals surface area contributed by atoms with Crippen LogP contribution in [-0.2, 0) is 21.7 Å². The quantitative estimate of drug-likeness (QED) is 0.502. The van der Waals surface area contributed by atoms with Gasteiger partial charge in [0, 0.05) is 0 Å². The number of allylic oxidation sites excluding steroid dienone is 8. The van der Waals surface area contributed by atoms with Crippen molar-refractivity contribution in [1.29, 1.82) is 0 Å². The first-order chi connectivity index (χ1) is 6.42. The molecule has 0 nitrogen and oxygen atoms in total. The average molecular weight is 218 g/mol. The molecule has 2 rings (SSSR count). The molecule has 0 atom stereocenters. The molecule has 0 bridgehead atoms. The molecule has 2 aliphatic carbocycles. The fourth-order valence-corrected chi connectivity index (χ4v) is 1.87. The Labute approximate surface area is 101 Å². The third-order valence-electron chi connectivity index (χ3n) is 2.57. The van der Waals surface area contributed by atoms with Crippen LogP contribution in [-0.4, -0.2) is 0 Å². The summed E-state index contributed by atoms with van der Waals surface area (Å²) in [5.41, 5.74) is 2.90. The smallest absolute Gasteiger partial charge is 0.350 e. The van der Waals surface area contributed by atoms with Gasteiger partial charge in [0.2, 0.25) is 0 Å². The Hall–Kier alpha value is -0.456. The maximum atomic E-state index is 4.00. The van der Waals surface area contributed by atoms with Crippen LogP contribution in [0.2, 0.25) is 0 Å². The summed E-state index contributed by atoms with van der Waals surface area (Å²) in [7, 11) is 0. The minimum atomic E-state index is 0. The SMILES string of the molecule is [CH2-]C[C-](C1=CC=CC1)C1=CC=CC1.[Ti+2]. The van der Waals surface area contributed by atoms with Crippen molar-refractivity contribution in [1.82, 2.24) is 0 Å². The van der Waals surface area contributed by atoms with Crippen molar-refractivity contribution in [3.63, 3.8) is 0 Å². The average Bonchev–Trinajstić information content (AvgIpc) is 2.76. The van der Waals surface area contributed by atoms with E-state index >= 15 is 0 Å². The number of hydrogen-bond donors (Lipinski definition) is 0. The fraction of sp³-hybridized carbons (Fsp3) is 0.231. The minimum absolute atomic E-state index is 0. The van der Waals surface area contributed by atoms with Gasteiger partial charge in [-0.25, -0.2) is 6.42 Å². The molecule has 1 heteroatoms. The molecule has 0 amide bonds. The van der Waals surface area contributed by atoms with Crippen molar-refractivity contribution in [2.75, 3.05) is 0 Å². The molecule has 70 valence electrons. The van der Waals surface area contributed by atoms with E-state index in [9.17, 15) is 0 Å². The van der Waals surface area contributed by atoms with Gasteiger partial charge in [0.1, 0.15) is 0 Å². The molecule has 0 N–H and O–H groups in total. The first-order valence-electron chi connectivity index (χ1n) is 4.79. The zero-order chi connectivity index (χ0) is 9.10. The third-order valence-corrected chi connectivity index (χ3v) is 2.57. The van der Waals surface area contributed by atoms with Gasteiger partial charge >= 0.3 is 21.7 Å². The van der Waals surface area contributed by atoms with E-state index in [1.165, 1.54) is 17.1 Å². The second-order valence-electron chi connectivity index (χ2n) is 3.38. The van der Waals surface area contributed by atoms with E-state index in [1.807, 2.05) is 0 Å². The second kappa shape index (κ2) is 5.43. The van der Waals surface area contributed by atoms with E-state index < -0.39 is 0 Å². The van der Waals surface area contributed by atoms with Gasteiger partial charge in [0.05, 0.1) is 0 Å². The predicted molar refractivity (Wildman–Crippen MR) is 56.9 cm³/mol. The Morgan fingerprint density at radius 3 is 1.86 bits per heavy atom. The van der Waals surface area contributed by atoms with Gasteiger partial charge in [-0.1, -0.05) is 12.2 Å². The topological polar surface area (TPSA) is 0 Å². The molecule has 0 radical (unpaired) electrons. The van der Waals surface area contributed by atoms with Crippen LogP contribution in [0.25, 0.3) is 0 Å². The second-order valence-corrected chi connectivity index (χ2v) is 3.38. The molecule has 0 unspecified atom stereocenters. The van der Waals surface area contributed by atoms with Gasteiger partial charge in [0.25, 0.3) is 0 Å². The van der Waals surface area contributed by atoms with Crippen LogP contribution in [0, 0.1) is 12.8 Å². The van der Waals surface area contributed by atoms with Crippen LogP contribution in [0.3, 0.4) is 0 Å².